The van der Waals surface area contributed by atoms with E-state index in [1.165, 1.54) is 0 Å². The summed E-state index contributed by atoms with van der Waals surface area (Å²) in [7, 11) is 0. The van der Waals surface area contributed by atoms with E-state index in [1.807, 2.05) is 6.92 Å². The molecule has 1 heterocycles. The Morgan fingerprint density at radius 3 is 2.41 bits per heavy atom. The van der Waals surface area contributed by atoms with Gasteiger partial charge in [-0.05, 0) is 26.3 Å². The lowest BCUT2D eigenvalue weighted by atomic mass is 10.3. The van der Waals surface area contributed by atoms with Crippen molar-refractivity contribution in [2.24, 2.45) is 0 Å². The molecule has 0 aliphatic heterocycles. The van der Waals surface area contributed by atoms with Crippen LogP contribution in [0.1, 0.15) is 20.3 Å². The molecule has 1 aromatic rings. The fourth-order valence-corrected chi connectivity index (χ4v) is 1.77. The van der Waals surface area contributed by atoms with Crippen molar-refractivity contribution in [2.45, 2.75) is 26.4 Å². The predicted octanol–water partition coefficient (Wildman–Crippen LogP) is 3.00. The van der Waals surface area contributed by atoms with E-state index >= 15 is 0 Å². The fraction of sp³-hybridized carbons (Fsp3) is 0.545. The number of rotatable bonds is 6. The van der Waals surface area contributed by atoms with Crippen LogP contribution in [0.3, 0.4) is 0 Å². The van der Waals surface area contributed by atoms with Crippen LogP contribution in [0.15, 0.2) is 6.07 Å². The molecule has 17 heavy (non-hydrogen) atoms. The summed E-state index contributed by atoms with van der Waals surface area (Å²) in [5.74, 6) is 1.19. The minimum absolute atomic E-state index is 0.346. The number of anilines is 2. The highest BCUT2D eigenvalue weighted by atomic mass is 35.5. The van der Waals surface area contributed by atoms with Gasteiger partial charge in [0.2, 0.25) is 0 Å². The fourth-order valence-electron chi connectivity index (χ4n) is 1.28. The number of halogens is 2. The lowest BCUT2D eigenvalue weighted by Gasteiger charge is -2.12. The molecule has 0 aromatic carbocycles. The third-order valence-electron chi connectivity index (χ3n) is 2.13. The molecule has 1 rings (SSSR count). The smallest absolute Gasteiger partial charge is 0.147 e. The van der Waals surface area contributed by atoms with Gasteiger partial charge in [0.1, 0.15) is 11.6 Å². The van der Waals surface area contributed by atoms with E-state index in [1.54, 1.807) is 13.0 Å². The molecule has 6 heteroatoms. The van der Waals surface area contributed by atoms with E-state index in [-0.39, 0.29) is 6.10 Å². The van der Waals surface area contributed by atoms with Crippen molar-refractivity contribution in [1.82, 2.24) is 4.98 Å². The first-order valence-corrected chi connectivity index (χ1v) is 6.32. The lowest BCUT2D eigenvalue weighted by molar-refractivity contribution is 0.188. The molecule has 0 aliphatic rings. The normalized spacial score (nSPS) is 12.3. The summed E-state index contributed by atoms with van der Waals surface area (Å²) in [6.07, 6.45) is 0.291. The maximum absolute atomic E-state index is 9.16. The predicted molar refractivity (Wildman–Crippen MR) is 73.2 cm³/mol. The van der Waals surface area contributed by atoms with E-state index in [4.69, 9.17) is 28.3 Å². The average Bonchev–Trinajstić information content (AvgIpc) is 2.24. The minimum Gasteiger partial charge on any atom is -0.393 e. The maximum atomic E-state index is 9.16. The van der Waals surface area contributed by atoms with Crippen molar-refractivity contribution in [3.63, 3.8) is 0 Å². The van der Waals surface area contributed by atoms with Gasteiger partial charge in [-0.3, -0.25) is 0 Å². The second-order valence-electron chi connectivity index (χ2n) is 3.74. The molecule has 1 unspecified atom stereocenters. The molecule has 0 radical (unpaired) electrons. The Morgan fingerprint density at radius 1 is 1.29 bits per heavy atom. The van der Waals surface area contributed by atoms with Crippen molar-refractivity contribution >= 4 is 34.8 Å². The van der Waals surface area contributed by atoms with Crippen molar-refractivity contribution < 1.29 is 5.11 Å². The average molecular weight is 278 g/mol. The van der Waals surface area contributed by atoms with Crippen LogP contribution >= 0.6 is 23.2 Å². The lowest BCUT2D eigenvalue weighted by Crippen LogP contribution is -2.11. The Hall–Kier alpha value is -0.710. The summed E-state index contributed by atoms with van der Waals surface area (Å²) in [6, 6.07) is 1.65. The summed E-state index contributed by atoms with van der Waals surface area (Å²) < 4.78 is 0. The Labute approximate surface area is 111 Å². The molecule has 1 aromatic heterocycles. The van der Waals surface area contributed by atoms with Gasteiger partial charge in [0, 0.05) is 13.1 Å². The first-order chi connectivity index (χ1) is 8.04. The Morgan fingerprint density at radius 2 is 1.88 bits per heavy atom. The number of nitrogens with one attached hydrogen (secondary N) is 2. The second kappa shape index (κ2) is 6.89. The van der Waals surface area contributed by atoms with Crippen molar-refractivity contribution in [2.75, 3.05) is 23.7 Å². The molecule has 0 fully saturated rings. The van der Waals surface area contributed by atoms with Crippen LogP contribution in [-0.2, 0) is 0 Å². The number of hydrogen-bond acceptors (Lipinski definition) is 4. The van der Waals surface area contributed by atoms with Crippen LogP contribution in [0.4, 0.5) is 11.6 Å². The molecule has 1 atom stereocenters. The molecule has 0 saturated carbocycles. The van der Waals surface area contributed by atoms with Gasteiger partial charge in [0.05, 0.1) is 16.1 Å². The number of nitrogens with zero attached hydrogens (tertiary/aromatic N) is 1. The van der Waals surface area contributed by atoms with Crippen LogP contribution in [0, 0.1) is 0 Å². The molecule has 4 nitrogen and oxygen atoms in total. The van der Waals surface area contributed by atoms with Crippen LogP contribution in [0.5, 0.6) is 0 Å². The zero-order valence-electron chi connectivity index (χ0n) is 9.93. The number of aromatic nitrogens is 1. The number of aliphatic hydroxyl groups is 1. The summed E-state index contributed by atoms with van der Waals surface area (Å²) in [6.45, 7) is 5.05. The molecule has 0 saturated heterocycles. The third-order valence-corrected chi connectivity index (χ3v) is 2.70. The van der Waals surface area contributed by atoms with Crippen LogP contribution in [0.25, 0.3) is 0 Å². The van der Waals surface area contributed by atoms with E-state index in [2.05, 4.69) is 15.6 Å². The Kier molecular flexibility index (Phi) is 5.82. The number of aliphatic hydroxyl groups excluding tert-OH is 1. The summed E-state index contributed by atoms with van der Waals surface area (Å²) >= 11 is 12.0. The van der Waals surface area contributed by atoms with E-state index in [0.29, 0.717) is 34.6 Å². The molecule has 0 spiro atoms. The second-order valence-corrected chi connectivity index (χ2v) is 4.56. The summed E-state index contributed by atoms with van der Waals surface area (Å²) in [4.78, 5) is 4.29. The van der Waals surface area contributed by atoms with Crippen molar-refractivity contribution in [3.8, 4) is 0 Å². The van der Waals surface area contributed by atoms with Crippen molar-refractivity contribution in [3.05, 3.63) is 16.1 Å². The topological polar surface area (TPSA) is 57.2 Å². The molecule has 0 amide bonds. The monoisotopic (exact) mass is 277 g/mol. The SMILES string of the molecule is CCNc1nc(NCCC(C)O)c(Cl)cc1Cl. The molecule has 0 bridgehead atoms. The summed E-state index contributed by atoms with van der Waals surface area (Å²) in [5, 5.41) is 16.2. The highest BCUT2D eigenvalue weighted by molar-refractivity contribution is 6.37. The molecule has 0 aliphatic carbocycles. The highest BCUT2D eigenvalue weighted by Gasteiger charge is 2.08. The number of hydrogen-bond donors (Lipinski definition) is 3. The first kappa shape index (κ1) is 14.4. The minimum atomic E-state index is -0.346. The molecule has 96 valence electrons. The third kappa shape index (κ3) is 4.58. The zero-order chi connectivity index (χ0) is 12.8. The van der Waals surface area contributed by atoms with Crippen LogP contribution in [0.2, 0.25) is 10.0 Å². The van der Waals surface area contributed by atoms with Gasteiger partial charge in [-0.1, -0.05) is 23.2 Å². The van der Waals surface area contributed by atoms with E-state index in [9.17, 15) is 0 Å². The van der Waals surface area contributed by atoms with Gasteiger partial charge in [0.25, 0.3) is 0 Å². The Balaban J connectivity index is 2.73. The highest BCUT2D eigenvalue weighted by Crippen LogP contribution is 2.29. The van der Waals surface area contributed by atoms with E-state index < -0.39 is 0 Å². The standard InChI is InChI=1S/C11H17Cl2N3O/c1-3-14-10-8(12)6-9(13)11(16-10)15-5-4-7(2)17/h6-7,17H,3-5H2,1-2H3,(H2,14,15,16). The first-order valence-electron chi connectivity index (χ1n) is 5.56. The maximum Gasteiger partial charge on any atom is 0.147 e. The van der Waals surface area contributed by atoms with E-state index in [0.717, 1.165) is 6.54 Å². The van der Waals surface area contributed by atoms with Gasteiger partial charge < -0.3 is 15.7 Å². The Bertz CT molecular complexity index is 372. The quantitative estimate of drug-likeness (QED) is 0.748. The van der Waals surface area contributed by atoms with Crippen LogP contribution < -0.4 is 10.6 Å². The molecule has 3 N–H and O–H groups in total. The largest absolute Gasteiger partial charge is 0.393 e. The van der Waals surface area contributed by atoms with Gasteiger partial charge in [-0.2, -0.15) is 0 Å². The summed E-state index contributed by atoms with van der Waals surface area (Å²) in [5.41, 5.74) is 0. The zero-order valence-corrected chi connectivity index (χ0v) is 11.4. The van der Waals surface area contributed by atoms with Gasteiger partial charge in [-0.25, -0.2) is 4.98 Å². The van der Waals surface area contributed by atoms with Gasteiger partial charge >= 0.3 is 0 Å². The molecular formula is C11H17Cl2N3O. The van der Waals surface area contributed by atoms with Gasteiger partial charge in [0.15, 0.2) is 0 Å². The number of pyridine rings is 1. The van der Waals surface area contributed by atoms with Gasteiger partial charge in [-0.15, -0.1) is 0 Å². The molecular weight excluding hydrogens is 261 g/mol. The van der Waals surface area contributed by atoms with Crippen LogP contribution in [-0.4, -0.2) is 29.3 Å². The van der Waals surface area contributed by atoms with Crippen molar-refractivity contribution in [1.29, 1.82) is 0 Å².